The van der Waals surface area contributed by atoms with Crippen LogP contribution in [0.25, 0.3) is 22.1 Å². The lowest BCUT2D eigenvalue weighted by molar-refractivity contribution is 0.103. The first-order chi connectivity index (χ1) is 21.2. The Bertz CT molecular complexity index is 2100. The smallest absolute Gasteiger partial charge is 0.413 e. The zero-order chi connectivity index (χ0) is 31.0. The lowest BCUT2D eigenvalue weighted by Crippen LogP contribution is -2.24. The number of ether oxygens (including phenoxy) is 1. The van der Waals surface area contributed by atoms with Crippen molar-refractivity contribution in [2.75, 3.05) is 17.7 Å². The van der Waals surface area contributed by atoms with E-state index >= 15 is 0 Å². The third-order valence-electron chi connectivity index (χ3n) is 6.70. The minimum Gasteiger partial charge on any atom is -0.453 e. The molecule has 3 N–H and O–H groups in total. The largest absolute Gasteiger partial charge is 0.453 e. The molecule has 6 rings (SSSR count). The number of hydrogen-bond acceptors (Lipinski definition) is 7. The Morgan fingerprint density at radius 3 is 1.89 bits per heavy atom. The van der Waals surface area contributed by atoms with E-state index in [9.17, 15) is 28.0 Å². The van der Waals surface area contributed by atoms with Gasteiger partial charge in [-0.1, -0.05) is 0 Å². The molecule has 0 aliphatic heterocycles. The molecule has 44 heavy (non-hydrogen) atoms. The summed E-state index contributed by atoms with van der Waals surface area (Å²) < 4.78 is 32.3. The number of aromatic nitrogens is 4. The number of carbonyl (C=O) groups excluding carboxylic acids is 4. The summed E-state index contributed by atoms with van der Waals surface area (Å²) in [5, 5.41) is 4.98. The Hall–Kier alpha value is -6.24. The van der Waals surface area contributed by atoms with Crippen LogP contribution in [0.15, 0.2) is 84.9 Å². The van der Waals surface area contributed by atoms with Crippen LogP contribution in [-0.4, -0.2) is 50.3 Å². The monoisotopic (exact) mass is 594 g/mol. The molecule has 0 bridgehead atoms. The molecule has 0 radical (unpaired) electrons. The average molecular weight is 595 g/mol. The molecule has 6 aromatic rings. The molecule has 2 heterocycles. The van der Waals surface area contributed by atoms with Crippen molar-refractivity contribution < 1.29 is 32.7 Å². The van der Waals surface area contributed by atoms with Crippen LogP contribution in [0.4, 0.5) is 30.3 Å². The molecule has 0 unspecified atom stereocenters. The van der Waals surface area contributed by atoms with Crippen LogP contribution < -0.4 is 10.6 Å². The minimum absolute atomic E-state index is 0.0146. The van der Waals surface area contributed by atoms with E-state index in [-0.39, 0.29) is 39.8 Å². The van der Waals surface area contributed by atoms with Gasteiger partial charge in [0.25, 0.3) is 0 Å². The maximum Gasteiger partial charge on any atom is 0.413 e. The number of nitrogens with zero attached hydrogens (tertiary/aromatic N) is 3. The molecule has 13 heteroatoms. The number of nitrogens with one attached hydrogen (secondary N) is 3. The summed E-state index contributed by atoms with van der Waals surface area (Å²) in [6.07, 6.45) is -0.890. The number of methoxy groups -OCH3 is 1. The molecule has 0 aliphatic carbocycles. The molecule has 218 valence electrons. The van der Waals surface area contributed by atoms with Crippen LogP contribution in [0.5, 0.6) is 0 Å². The van der Waals surface area contributed by atoms with E-state index in [0.717, 1.165) is 23.8 Å². The lowest BCUT2D eigenvalue weighted by atomic mass is 10.0. The van der Waals surface area contributed by atoms with Crippen molar-refractivity contribution in [1.29, 1.82) is 0 Å². The van der Waals surface area contributed by atoms with Crippen molar-refractivity contribution in [1.82, 2.24) is 19.5 Å². The molecule has 0 fully saturated rings. The lowest BCUT2D eigenvalue weighted by Gasteiger charge is -2.09. The Morgan fingerprint density at radius 2 is 1.27 bits per heavy atom. The van der Waals surface area contributed by atoms with Crippen molar-refractivity contribution in [2.24, 2.45) is 0 Å². The summed E-state index contributed by atoms with van der Waals surface area (Å²) in [5.41, 5.74) is 2.33. The van der Waals surface area contributed by atoms with Crippen LogP contribution in [0.1, 0.15) is 31.8 Å². The van der Waals surface area contributed by atoms with Gasteiger partial charge in [0.2, 0.25) is 11.9 Å². The summed E-state index contributed by atoms with van der Waals surface area (Å²) in [4.78, 5) is 63.2. The Labute approximate surface area is 246 Å². The minimum atomic E-state index is -0.890. The molecule has 0 aliphatic rings. The van der Waals surface area contributed by atoms with E-state index in [4.69, 9.17) is 0 Å². The van der Waals surface area contributed by atoms with E-state index in [1.807, 2.05) is 0 Å². The quantitative estimate of drug-likeness (QED) is 0.203. The van der Waals surface area contributed by atoms with Gasteiger partial charge in [0.1, 0.15) is 11.6 Å². The molecule has 0 saturated heterocycles. The van der Waals surface area contributed by atoms with Gasteiger partial charge in [-0.05, 0) is 84.9 Å². The number of anilines is 2. The summed E-state index contributed by atoms with van der Waals surface area (Å²) >= 11 is 0. The fraction of sp³-hybridized carbons (Fsp3) is 0.0323. The first-order valence-electron chi connectivity index (χ1n) is 13.0. The fourth-order valence-corrected chi connectivity index (χ4v) is 4.55. The number of ketones is 2. The molecular formula is C31H20F2N6O5. The highest BCUT2D eigenvalue weighted by atomic mass is 19.1. The second kappa shape index (κ2) is 11.2. The number of hydrogen-bond donors (Lipinski definition) is 3. The van der Waals surface area contributed by atoms with Crippen LogP contribution in [0.3, 0.4) is 0 Å². The summed E-state index contributed by atoms with van der Waals surface area (Å²) in [6, 6.07) is 18.5. The van der Waals surface area contributed by atoms with Gasteiger partial charge in [-0.3, -0.25) is 20.2 Å². The number of imidazole rings is 2. The number of H-pyrrole nitrogens is 1. The van der Waals surface area contributed by atoms with Gasteiger partial charge >= 0.3 is 12.1 Å². The van der Waals surface area contributed by atoms with Gasteiger partial charge in [-0.2, -0.15) is 0 Å². The van der Waals surface area contributed by atoms with Gasteiger partial charge in [-0.25, -0.2) is 32.9 Å². The van der Waals surface area contributed by atoms with Gasteiger partial charge < -0.3 is 9.72 Å². The molecule has 4 aromatic carbocycles. The topological polar surface area (TPSA) is 148 Å². The Morgan fingerprint density at radius 1 is 0.705 bits per heavy atom. The molecule has 11 nitrogen and oxygen atoms in total. The highest BCUT2D eigenvalue weighted by molar-refractivity contribution is 6.12. The second-order valence-electron chi connectivity index (χ2n) is 9.51. The molecular weight excluding hydrogens is 574 g/mol. The number of amides is 2. The molecule has 2 aromatic heterocycles. The second-order valence-corrected chi connectivity index (χ2v) is 9.51. The van der Waals surface area contributed by atoms with Crippen LogP contribution in [0, 0.1) is 11.6 Å². The van der Waals surface area contributed by atoms with Crippen molar-refractivity contribution in [3.8, 4) is 0 Å². The third-order valence-corrected chi connectivity index (χ3v) is 6.70. The van der Waals surface area contributed by atoms with Crippen molar-refractivity contribution in [2.45, 2.75) is 0 Å². The standard InChI is InChI=1S/C31H20F2N6O5/c1-44-31(43)38-29-36-23-13-7-19(27(41)17-4-10-21(33)11-5-17)15-25(23)39(29)30(42)37-28-34-22-12-6-18(14-24(22)35-28)26(40)16-2-8-20(32)9-3-16/h2-15H,1H3,(H,36,38,43)(H2,34,35,37,42). The Kier molecular flexibility index (Phi) is 7.11. The fourth-order valence-electron chi connectivity index (χ4n) is 4.55. The predicted octanol–water partition coefficient (Wildman–Crippen LogP) is 5.91. The molecule has 0 spiro atoms. The maximum atomic E-state index is 13.6. The maximum absolute atomic E-state index is 13.6. The van der Waals surface area contributed by atoms with Gasteiger partial charge in [0.15, 0.2) is 11.6 Å². The first-order valence-corrected chi connectivity index (χ1v) is 13.0. The normalized spacial score (nSPS) is 11.0. The molecule has 0 saturated carbocycles. The number of carbonyl (C=O) groups is 4. The first kappa shape index (κ1) is 27.9. The van der Waals surface area contributed by atoms with Crippen molar-refractivity contribution >= 4 is 57.7 Å². The van der Waals surface area contributed by atoms with Crippen LogP contribution >= 0.6 is 0 Å². The number of rotatable bonds is 6. The SMILES string of the molecule is COC(=O)Nc1nc2ccc(C(=O)c3ccc(F)cc3)cc2n1C(=O)Nc1nc2cc(C(=O)c3ccc(F)cc3)ccc2[nH]1. The van der Waals surface area contributed by atoms with Gasteiger partial charge in [-0.15, -0.1) is 0 Å². The summed E-state index contributed by atoms with van der Waals surface area (Å²) in [5.74, 6) is -1.90. The number of aromatic amines is 1. The Balaban J connectivity index is 1.33. The van der Waals surface area contributed by atoms with Crippen LogP contribution in [0.2, 0.25) is 0 Å². The zero-order valence-electron chi connectivity index (χ0n) is 22.7. The molecule has 2 amide bonds. The van der Waals surface area contributed by atoms with E-state index in [2.05, 4.69) is 30.3 Å². The predicted molar refractivity (Wildman–Crippen MR) is 156 cm³/mol. The van der Waals surface area contributed by atoms with E-state index in [0.29, 0.717) is 22.2 Å². The van der Waals surface area contributed by atoms with Crippen molar-refractivity contribution in [3.05, 3.63) is 119 Å². The summed E-state index contributed by atoms with van der Waals surface area (Å²) in [6.45, 7) is 0. The van der Waals surface area contributed by atoms with Crippen LogP contribution in [-0.2, 0) is 4.74 Å². The zero-order valence-corrected chi connectivity index (χ0v) is 22.7. The van der Waals surface area contributed by atoms with E-state index in [1.54, 1.807) is 12.1 Å². The van der Waals surface area contributed by atoms with Gasteiger partial charge in [0, 0.05) is 22.3 Å². The number of halogens is 2. The number of fused-ring (bicyclic) bond motifs is 2. The van der Waals surface area contributed by atoms with Crippen molar-refractivity contribution in [3.63, 3.8) is 0 Å². The van der Waals surface area contributed by atoms with E-state index in [1.165, 1.54) is 60.7 Å². The third kappa shape index (κ3) is 5.36. The highest BCUT2D eigenvalue weighted by Gasteiger charge is 2.22. The molecule has 0 atom stereocenters. The summed E-state index contributed by atoms with van der Waals surface area (Å²) in [7, 11) is 1.14. The highest BCUT2D eigenvalue weighted by Crippen LogP contribution is 2.25. The van der Waals surface area contributed by atoms with E-state index < -0.39 is 29.5 Å². The average Bonchev–Trinajstić information content (AvgIpc) is 3.60. The van der Waals surface area contributed by atoms with Gasteiger partial charge in [0.05, 0.1) is 29.2 Å². The number of benzene rings is 4.